The SMILES string of the molecule is C.Cl.Cl.O=S=O.O=S=O. The van der Waals surface area contributed by atoms with Crippen molar-refractivity contribution in [3.8, 4) is 0 Å². The number of hydrogen-bond acceptors (Lipinski definition) is 4. The van der Waals surface area contributed by atoms with Crippen LogP contribution in [0.1, 0.15) is 7.43 Å². The topological polar surface area (TPSA) is 68.3 Å². The molecule has 0 rings (SSSR count). The minimum Gasteiger partial charge on any atom is -0.168 e. The van der Waals surface area contributed by atoms with E-state index < -0.39 is 23.1 Å². The van der Waals surface area contributed by atoms with Crippen LogP contribution in [0.4, 0.5) is 0 Å². The van der Waals surface area contributed by atoms with E-state index in [0.717, 1.165) is 0 Å². The predicted octanol–water partition coefficient (Wildman–Crippen LogP) is 0.139. The molecule has 0 saturated carbocycles. The molecular formula is CH6Cl2O4S2. The molecule has 0 spiro atoms. The molecule has 9 heavy (non-hydrogen) atoms. The lowest BCUT2D eigenvalue weighted by Gasteiger charge is -0.947. The molecule has 60 valence electrons. The normalized spacial score (nSPS) is 2.67. The molecule has 0 aliphatic carbocycles. The molecule has 0 amide bonds. The van der Waals surface area contributed by atoms with Gasteiger partial charge < -0.3 is 0 Å². The molecule has 0 radical (unpaired) electrons. The van der Waals surface area contributed by atoms with Crippen molar-refractivity contribution < 1.29 is 16.8 Å². The van der Waals surface area contributed by atoms with E-state index in [1.165, 1.54) is 0 Å². The largest absolute Gasteiger partial charge is 0.335 e. The van der Waals surface area contributed by atoms with Crippen LogP contribution in [0.15, 0.2) is 0 Å². The Kier molecular flexibility index (Phi) is 338. The van der Waals surface area contributed by atoms with Crippen LogP contribution in [-0.4, -0.2) is 16.8 Å². The van der Waals surface area contributed by atoms with Crippen molar-refractivity contribution in [1.29, 1.82) is 0 Å². The first kappa shape index (κ1) is 35.0. The van der Waals surface area contributed by atoms with Crippen LogP contribution >= 0.6 is 24.8 Å². The maximum absolute atomic E-state index is 8.29. The predicted molar refractivity (Wildman–Crippen MR) is 39.1 cm³/mol. The van der Waals surface area contributed by atoms with Gasteiger partial charge in [0.05, 0.1) is 0 Å². The molecule has 0 aromatic carbocycles. The third-order valence-corrected chi connectivity index (χ3v) is 0. The van der Waals surface area contributed by atoms with Gasteiger partial charge in [0.2, 0.25) is 0 Å². The average molecular weight is 217 g/mol. The van der Waals surface area contributed by atoms with Gasteiger partial charge in [-0.05, 0) is 0 Å². The fraction of sp³-hybridized carbons (Fsp3) is 1.00. The molecule has 0 unspecified atom stereocenters. The van der Waals surface area contributed by atoms with Gasteiger partial charge in [0.1, 0.15) is 0 Å². The zero-order valence-corrected chi connectivity index (χ0v) is 6.53. The van der Waals surface area contributed by atoms with Gasteiger partial charge in [-0.2, -0.15) is 16.8 Å². The molecule has 0 heterocycles. The summed E-state index contributed by atoms with van der Waals surface area (Å²) in [6.45, 7) is 0. The van der Waals surface area contributed by atoms with Gasteiger partial charge >= 0.3 is 23.1 Å². The summed E-state index contributed by atoms with van der Waals surface area (Å²) in [7, 11) is 0. The Morgan fingerprint density at radius 3 is 0.667 bits per heavy atom. The number of hydrogen-bond donors (Lipinski definition) is 0. The van der Waals surface area contributed by atoms with Crippen molar-refractivity contribution >= 4 is 48.0 Å². The van der Waals surface area contributed by atoms with Crippen LogP contribution < -0.4 is 0 Å². The Labute approximate surface area is 72.4 Å². The van der Waals surface area contributed by atoms with Gasteiger partial charge in [-0.1, -0.05) is 7.43 Å². The molecule has 4 nitrogen and oxygen atoms in total. The monoisotopic (exact) mass is 216 g/mol. The standard InChI is InChI=1S/CH4.2ClH.2O2S/c;;;2*1-3-2/h1H4;2*1H;;. The highest BCUT2D eigenvalue weighted by Crippen LogP contribution is 0.849. The molecule has 0 aliphatic rings. The van der Waals surface area contributed by atoms with E-state index in [-0.39, 0.29) is 32.2 Å². The summed E-state index contributed by atoms with van der Waals surface area (Å²) in [6, 6.07) is 0. The minimum absolute atomic E-state index is 0. The molecule has 0 aromatic heterocycles. The second-order valence-corrected chi connectivity index (χ2v) is 0.408. The average Bonchev–Trinajstić information content (AvgIpc) is 1.39. The van der Waals surface area contributed by atoms with Crippen LogP contribution in [0.2, 0.25) is 0 Å². The van der Waals surface area contributed by atoms with Crippen LogP contribution in [0.25, 0.3) is 0 Å². The molecular weight excluding hydrogens is 211 g/mol. The van der Waals surface area contributed by atoms with Crippen molar-refractivity contribution in [2.24, 2.45) is 0 Å². The van der Waals surface area contributed by atoms with E-state index in [0.29, 0.717) is 0 Å². The Balaban J connectivity index is -0.00000000889. The fourth-order valence-electron chi connectivity index (χ4n) is 0. The summed E-state index contributed by atoms with van der Waals surface area (Å²) in [5.74, 6) is 0. The van der Waals surface area contributed by atoms with Crippen molar-refractivity contribution in [2.45, 2.75) is 7.43 Å². The first-order chi connectivity index (χ1) is 2.83. The molecule has 0 N–H and O–H groups in total. The minimum atomic E-state index is -0.750. The van der Waals surface area contributed by atoms with Crippen molar-refractivity contribution in [3.05, 3.63) is 0 Å². The van der Waals surface area contributed by atoms with Gasteiger partial charge in [-0.3, -0.25) is 0 Å². The zero-order valence-electron chi connectivity index (χ0n) is 3.27. The molecule has 0 atom stereocenters. The van der Waals surface area contributed by atoms with Crippen LogP contribution in [0.5, 0.6) is 0 Å². The molecule has 0 fully saturated rings. The Hall–Kier alpha value is 0.220. The summed E-state index contributed by atoms with van der Waals surface area (Å²) in [5.41, 5.74) is 0. The zero-order chi connectivity index (χ0) is 5.41. The lowest BCUT2D eigenvalue weighted by atomic mass is 12.0. The highest BCUT2D eigenvalue weighted by atomic mass is 35.5. The lowest BCUT2D eigenvalue weighted by Crippen LogP contribution is -1.18. The highest BCUT2D eigenvalue weighted by molar-refractivity contribution is 7.51. The van der Waals surface area contributed by atoms with E-state index in [9.17, 15) is 0 Å². The summed E-state index contributed by atoms with van der Waals surface area (Å²) < 4.78 is 33.2. The third-order valence-electron chi connectivity index (χ3n) is 0. The molecule has 0 aromatic rings. The Bertz CT molecular complexity index is 70.6. The first-order valence-corrected chi connectivity index (χ1v) is 2.00. The van der Waals surface area contributed by atoms with Crippen molar-refractivity contribution in [2.75, 3.05) is 0 Å². The van der Waals surface area contributed by atoms with E-state index in [4.69, 9.17) is 16.8 Å². The first-order valence-electron chi connectivity index (χ1n) is 0.667. The lowest BCUT2D eigenvalue weighted by molar-refractivity contribution is 0.628. The molecule has 8 heteroatoms. The quantitative estimate of drug-likeness (QED) is 0.578. The second-order valence-electron chi connectivity index (χ2n) is 0.136. The smallest absolute Gasteiger partial charge is 0.168 e. The highest BCUT2D eigenvalue weighted by Gasteiger charge is 1.12. The maximum atomic E-state index is 8.29. The van der Waals surface area contributed by atoms with E-state index in [1.54, 1.807) is 0 Å². The van der Waals surface area contributed by atoms with Crippen LogP contribution in [0, 0.1) is 0 Å². The molecule has 0 saturated heterocycles. The third kappa shape index (κ3) is 6570. The van der Waals surface area contributed by atoms with Crippen molar-refractivity contribution in [3.63, 3.8) is 0 Å². The Morgan fingerprint density at radius 2 is 0.667 bits per heavy atom. The van der Waals surface area contributed by atoms with E-state index >= 15 is 0 Å². The summed E-state index contributed by atoms with van der Waals surface area (Å²) >= 11 is -1.50. The Morgan fingerprint density at radius 1 is 0.667 bits per heavy atom. The van der Waals surface area contributed by atoms with Gasteiger partial charge in [0.25, 0.3) is 0 Å². The molecule has 0 aliphatic heterocycles. The fourth-order valence-corrected chi connectivity index (χ4v) is 0. The van der Waals surface area contributed by atoms with Gasteiger partial charge in [-0.15, -0.1) is 24.8 Å². The van der Waals surface area contributed by atoms with Gasteiger partial charge in [0.15, 0.2) is 0 Å². The summed E-state index contributed by atoms with van der Waals surface area (Å²) in [4.78, 5) is 0. The second kappa shape index (κ2) is 86.9. The van der Waals surface area contributed by atoms with E-state index in [2.05, 4.69) is 0 Å². The summed E-state index contributed by atoms with van der Waals surface area (Å²) in [6.07, 6.45) is 0. The van der Waals surface area contributed by atoms with Crippen molar-refractivity contribution in [1.82, 2.24) is 0 Å². The van der Waals surface area contributed by atoms with Gasteiger partial charge in [0, 0.05) is 0 Å². The maximum Gasteiger partial charge on any atom is 0.335 e. The van der Waals surface area contributed by atoms with Crippen LogP contribution in [0.3, 0.4) is 0 Å². The summed E-state index contributed by atoms with van der Waals surface area (Å²) in [5, 5.41) is 0. The number of halogens is 2. The van der Waals surface area contributed by atoms with Crippen LogP contribution in [-0.2, 0) is 23.1 Å². The number of rotatable bonds is 0. The van der Waals surface area contributed by atoms with Gasteiger partial charge in [-0.25, -0.2) is 0 Å². The van der Waals surface area contributed by atoms with E-state index in [1.807, 2.05) is 0 Å². The molecule has 0 bridgehead atoms.